The van der Waals surface area contributed by atoms with Gasteiger partial charge in [-0.2, -0.15) is 0 Å². The highest BCUT2D eigenvalue weighted by molar-refractivity contribution is 4.85. The lowest BCUT2D eigenvalue weighted by molar-refractivity contribution is 0.0508. The van der Waals surface area contributed by atoms with Crippen LogP contribution in [0.2, 0.25) is 0 Å². The fourth-order valence-electron chi connectivity index (χ4n) is 2.92. The predicted molar refractivity (Wildman–Crippen MR) is 82.4 cm³/mol. The summed E-state index contributed by atoms with van der Waals surface area (Å²) in [7, 11) is 0. The van der Waals surface area contributed by atoms with E-state index in [0.717, 1.165) is 32.6 Å². The van der Waals surface area contributed by atoms with Gasteiger partial charge in [-0.25, -0.2) is 0 Å². The second-order valence-corrected chi connectivity index (χ2v) is 6.99. The lowest BCUT2D eigenvalue weighted by Crippen LogP contribution is -2.49. The quantitative estimate of drug-likeness (QED) is 0.711. The monoisotopic (exact) mass is 270 g/mol. The van der Waals surface area contributed by atoms with E-state index in [0.29, 0.717) is 24.0 Å². The highest BCUT2D eigenvalue weighted by Gasteiger charge is 2.30. The Hall–Kier alpha value is -0.120. The van der Waals surface area contributed by atoms with Gasteiger partial charge in [0.25, 0.3) is 0 Å². The van der Waals surface area contributed by atoms with Crippen LogP contribution in [-0.2, 0) is 0 Å². The molecule has 0 saturated carbocycles. The SMILES string of the molecule is CCC(C)(CNCC(C)C)CN1CCCCC1CO. The van der Waals surface area contributed by atoms with Crippen molar-refractivity contribution in [3.8, 4) is 0 Å². The standard InChI is InChI=1S/C16H34N2O/c1-5-16(4,12-17-10-14(2)3)13-18-9-7-6-8-15(18)11-19/h14-15,17,19H,5-13H2,1-4H3. The Bertz CT molecular complexity index is 245. The van der Waals surface area contributed by atoms with Gasteiger partial charge < -0.3 is 10.4 Å². The van der Waals surface area contributed by atoms with Crippen LogP contribution in [0.3, 0.4) is 0 Å². The molecule has 1 rings (SSSR count). The van der Waals surface area contributed by atoms with E-state index in [9.17, 15) is 5.11 Å². The van der Waals surface area contributed by atoms with Crippen molar-refractivity contribution in [2.45, 2.75) is 59.4 Å². The highest BCUT2D eigenvalue weighted by Crippen LogP contribution is 2.26. The van der Waals surface area contributed by atoms with E-state index < -0.39 is 0 Å². The normalized spacial score (nSPS) is 24.6. The molecule has 0 aromatic carbocycles. The highest BCUT2D eigenvalue weighted by atomic mass is 16.3. The summed E-state index contributed by atoms with van der Waals surface area (Å²) < 4.78 is 0. The van der Waals surface area contributed by atoms with Crippen LogP contribution in [0.25, 0.3) is 0 Å². The van der Waals surface area contributed by atoms with E-state index in [1.54, 1.807) is 0 Å². The van der Waals surface area contributed by atoms with Crippen molar-refractivity contribution >= 4 is 0 Å². The third-order valence-electron chi connectivity index (χ3n) is 4.50. The Morgan fingerprint density at radius 1 is 1.37 bits per heavy atom. The number of piperidine rings is 1. The Labute approximate surface area is 119 Å². The van der Waals surface area contributed by atoms with Crippen LogP contribution in [0.15, 0.2) is 0 Å². The van der Waals surface area contributed by atoms with Gasteiger partial charge in [0.15, 0.2) is 0 Å². The smallest absolute Gasteiger partial charge is 0.0586 e. The van der Waals surface area contributed by atoms with Crippen molar-refractivity contribution in [2.75, 3.05) is 32.8 Å². The third-order valence-corrected chi connectivity index (χ3v) is 4.50. The predicted octanol–water partition coefficient (Wildman–Crippen LogP) is 2.50. The van der Waals surface area contributed by atoms with Crippen LogP contribution >= 0.6 is 0 Å². The number of hydrogen-bond acceptors (Lipinski definition) is 3. The van der Waals surface area contributed by atoms with E-state index in [1.165, 1.54) is 19.3 Å². The molecule has 1 aliphatic rings. The molecule has 19 heavy (non-hydrogen) atoms. The van der Waals surface area contributed by atoms with Crippen LogP contribution in [0, 0.1) is 11.3 Å². The molecule has 0 aromatic rings. The van der Waals surface area contributed by atoms with Gasteiger partial charge in [0.1, 0.15) is 0 Å². The van der Waals surface area contributed by atoms with Gasteiger partial charge in [-0.1, -0.05) is 34.1 Å². The molecule has 0 amide bonds. The van der Waals surface area contributed by atoms with E-state index in [1.807, 2.05) is 0 Å². The zero-order chi connectivity index (χ0) is 14.3. The van der Waals surface area contributed by atoms with E-state index in [2.05, 4.69) is 37.9 Å². The van der Waals surface area contributed by atoms with Crippen LogP contribution in [0.1, 0.15) is 53.4 Å². The van der Waals surface area contributed by atoms with Gasteiger partial charge in [-0.05, 0) is 43.7 Å². The molecule has 1 heterocycles. The zero-order valence-corrected chi connectivity index (χ0v) is 13.4. The molecule has 0 bridgehead atoms. The Kier molecular flexibility index (Phi) is 7.33. The minimum Gasteiger partial charge on any atom is -0.395 e. The molecule has 2 atom stereocenters. The number of aliphatic hydroxyl groups is 1. The molecule has 2 N–H and O–H groups in total. The number of nitrogens with zero attached hydrogens (tertiary/aromatic N) is 1. The molecule has 1 aliphatic heterocycles. The van der Waals surface area contributed by atoms with E-state index in [4.69, 9.17) is 0 Å². The van der Waals surface area contributed by atoms with Gasteiger partial charge in [0.2, 0.25) is 0 Å². The van der Waals surface area contributed by atoms with Crippen molar-refractivity contribution in [2.24, 2.45) is 11.3 Å². The molecule has 0 aliphatic carbocycles. The van der Waals surface area contributed by atoms with E-state index in [-0.39, 0.29) is 0 Å². The fourth-order valence-corrected chi connectivity index (χ4v) is 2.92. The lowest BCUT2D eigenvalue weighted by Gasteiger charge is -2.41. The first kappa shape index (κ1) is 16.9. The summed E-state index contributed by atoms with van der Waals surface area (Å²) in [6, 6.07) is 0.393. The van der Waals surface area contributed by atoms with Gasteiger partial charge >= 0.3 is 0 Å². The van der Waals surface area contributed by atoms with Crippen molar-refractivity contribution in [1.29, 1.82) is 0 Å². The van der Waals surface area contributed by atoms with Gasteiger partial charge in [0, 0.05) is 19.1 Å². The van der Waals surface area contributed by atoms with Gasteiger partial charge in [-0.3, -0.25) is 4.90 Å². The molecule has 114 valence electrons. The number of hydrogen-bond donors (Lipinski definition) is 2. The molecule has 0 aromatic heterocycles. The number of rotatable bonds is 8. The van der Waals surface area contributed by atoms with Crippen molar-refractivity contribution in [1.82, 2.24) is 10.2 Å². The first-order valence-corrected chi connectivity index (χ1v) is 8.06. The Morgan fingerprint density at radius 3 is 2.68 bits per heavy atom. The summed E-state index contributed by atoms with van der Waals surface area (Å²) in [5, 5.41) is 13.1. The number of aliphatic hydroxyl groups excluding tert-OH is 1. The van der Waals surface area contributed by atoms with Gasteiger partial charge in [0.05, 0.1) is 6.61 Å². The van der Waals surface area contributed by atoms with Crippen LogP contribution in [0.4, 0.5) is 0 Å². The lowest BCUT2D eigenvalue weighted by atomic mass is 9.85. The maximum atomic E-state index is 9.52. The topological polar surface area (TPSA) is 35.5 Å². The summed E-state index contributed by atoms with van der Waals surface area (Å²) in [4.78, 5) is 2.52. The largest absolute Gasteiger partial charge is 0.395 e. The van der Waals surface area contributed by atoms with Gasteiger partial charge in [-0.15, -0.1) is 0 Å². The molecule has 1 saturated heterocycles. The summed E-state index contributed by atoms with van der Waals surface area (Å²) in [6.07, 6.45) is 4.91. The average molecular weight is 270 g/mol. The minimum atomic E-state index is 0.319. The van der Waals surface area contributed by atoms with Crippen molar-refractivity contribution in [3.63, 3.8) is 0 Å². The molecule has 2 unspecified atom stereocenters. The summed E-state index contributed by atoms with van der Waals surface area (Å²) in [5.74, 6) is 0.710. The maximum absolute atomic E-state index is 9.52. The molecule has 3 heteroatoms. The molecule has 0 radical (unpaired) electrons. The molecule has 1 fully saturated rings. The average Bonchev–Trinajstić information content (AvgIpc) is 2.39. The molecule has 3 nitrogen and oxygen atoms in total. The molecular weight excluding hydrogens is 236 g/mol. The summed E-state index contributed by atoms with van der Waals surface area (Å²) in [6.45, 7) is 13.9. The molecular formula is C16H34N2O. The third kappa shape index (κ3) is 5.80. The van der Waals surface area contributed by atoms with Crippen molar-refractivity contribution < 1.29 is 5.11 Å². The summed E-state index contributed by atoms with van der Waals surface area (Å²) >= 11 is 0. The first-order valence-electron chi connectivity index (χ1n) is 8.06. The van der Waals surface area contributed by atoms with Crippen LogP contribution in [-0.4, -0.2) is 48.8 Å². The number of nitrogens with one attached hydrogen (secondary N) is 1. The van der Waals surface area contributed by atoms with Crippen LogP contribution in [0.5, 0.6) is 0 Å². The van der Waals surface area contributed by atoms with Crippen molar-refractivity contribution in [3.05, 3.63) is 0 Å². The Morgan fingerprint density at radius 2 is 2.11 bits per heavy atom. The second-order valence-electron chi connectivity index (χ2n) is 6.99. The molecule has 0 spiro atoms. The first-order chi connectivity index (χ1) is 9.00. The maximum Gasteiger partial charge on any atom is 0.0586 e. The second kappa shape index (κ2) is 8.23. The zero-order valence-electron chi connectivity index (χ0n) is 13.4. The minimum absolute atomic E-state index is 0.319. The van der Waals surface area contributed by atoms with E-state index >= 15 is 0 Å². The number of likely N-dealkylation sites (tertiary alicyclic amines) is 1. The summed E-state index contributed by atoms with van der Waals surface area (Å²) in [5.41, 5.74) is 0.319. The Balaban J connectivity index is 2.48. The van der Waals surface area contributed by atoms with Crippen LogP contribution < -0.4 is 5.32 Å². The fraction of sp³-hybridized carbons (Fsp3) is 1.00.